The molecule has 0 aliphatic heterocycles. The molecule has 1 aromatic carbocycles. The van der Waals surface area contributed by atoms with Crippen molar-refractivity contribution >= 4 is 5.69 Å². The Morgan fingerprint density at radius 3 is 2.71 bits per heavy atom. The summed E-state index contributed by atoms with van der Waals surface area (Å²) in [7, 11) is 1.44. The maximum atomic E-state index is 10.9. The number of rotatable bonds is 5. The predicted molar refractivity (Wildman–Crippen MR) is 63.0 cm³/mol. The summed E-state index contributed by atoms with van der Waals surface area (Å²) in [5.41, 5.74) is 5.34. The number of nitrogens with zero attached hydrogens (tertiary/aromatic N) is 1. The standard InChI is InChI=1S/C11H16N2O4/c1-11(12,7-14)6-8-3-4-9(17-2)5-10(8)13(15)16/h3-5,14H,6-7,12H2,1-2H3. The van der Waals surface area contributed by atoms with E-state index in [0.717, 1.165) is 0 Å². The molecule has 6 heteroatoms. The molecule has 0 amide bonds. The highest BCUT2D eigenvalue weighted by atomic mass is 16.6. The van der Waals surface area contributed by atoms with E-state index in [4.69, 9.17) is 15.6 Å². The van der Waals surface area contributed by atoms with Crippen LogP contribution in [-0.4, -0.2) is 29.3 Å². The summed E-state index contributed by atoms with van der Waals surface area (Å²) in [5, 5.41) is 20.0. The molecule has 3 N–H and O–H groups in total. The molecule has 1 atom stereocenters. The second-order valence-electron chi connectivity index (χ2n) is 4.24. The van der Waals surface area contributed by atoms with Gasteiger partial charge in [-0.25, -0.2) is 0 Å². The molecule has 0 aliphatic carbocycles. The van der Waals surface area contributed by atoms with Gasteiger partial charge in [-0.3, -0.25) is 10.1 Å². The zero-order valence-electron chi connectivity index (χ0n) is 9.84. The van der Waals surface area contributed by atoms with Gasteiger partial charge in [0, 0.05) is 11.1 Å². The van der Waals surface area contributed by atoms with Crippen LogP contribution >= 0.6 is 0 Å². The molecule has 0 saturated carbocycles. The molecule has 0 heterocycles. The Morgan fingerprint density at radius 1 is 1.59 bits per heavy atom. The normalized spacial score (nSPS) is 14.1. The fraction of sp³-hybridized carbons (Fsp3) is 0.455. The monoisotopic (exact) mass is 240 g/mol. The molecule has 17 heavy (non-hydrogen) atoms. The summed E-state index contributed by atoms with van der Waals surface area (Å²) in [6.45, 7) is 1.40. The zero-order valence-corrected chi connectivity index (χ0v) is 9.84. The summed E-state index contributed by atoms with van der Waals surface area (Å²) >= 11 is 0. The summed E-state index contributed by atoms with van der Waals surface area (Å²) in [6.07, 6.45) is 0.226. The first-order valence-corrected chi connectivity index (χ1v) is 5.10. The van der Waals surface area contributed by atoms with Crippen LogP contribution in [0.4, 0.5) is 5.69 Å². The van der Waals surface area contributed by atoms with Gasteiger partial charge in [-0.15, -0.1) is 0 Å². The number of aliphatic hydroxyl groups excluding tert-OH is 1. The number of hydrogen-bond acceptors (Lipinski definition) is 5. The quantitative estimate of drug-likeness (QED) is 0.587. The second-order valence-corrected chi connectivity index (χ2v) is 4.24. The van der Waals surface area contributed by atoms with E-state index in [1.54, 1.807) is 19.1 Å². The minimum Gasteiger partial charge on any atom is -0.497 e. The first-order valence-electron chi connectivity index (χ1n) is 5.10. The highest BCUT2D eigenvalue weighted by Gasteiger charge is 2.23. The van der Waals surface area contributed by atoms with E-state index < -0.39 is 10.5 Å². The minimum absolute atomic E-state index is 0.0468. The van der Waals surface area contributed by atoms with Crippen molar-refractivity contribution in [2.24, 2.45) is 5.73 Å². The van der Waals surface area contributed by atoms with Crippen LogP contribution in [-0.2, 0) is 6.42 Å². The number of ether oxygens (including phenoxy) is 1. The largest absolute Gasteiger partial charge is 0.497 e. The molecule has 0 fully saturated rings. The molecule has 6 nitrogen and oxygen atoms in total. The summed E-state index contributed by atoms with van der Waals surface area (Å²) in [6, 6.07) is 4.58. The van der Waals surface area contributed by atoms with Gasteiger partial charge >= 0.3 is 0 Å². The lowest BCUT2D eigenvalue weighted by atomic mass is 9.94. The third-order valence-electron chi connectivity index (χ3n) is 2.44. The maximum Gasteiger partial charge on any atom is 0.276 e. The predicted octanol–water partition coefficient (Wildman–Crippen LogP) is 0.856. The van der Waals surface area contributed by atoms with E-state index in [1.165, 1.54) is 13.2 Å². The van der Waals surface area contributed by atoms with E-state index in [2.05, 4.69) is 0 Å². The second kappa shape index (κ2) is 5.11. The molecule has 0 aliphatic rings. The molecule has 94 valence electrons. The Bertz CT molecular complexity index is 418. The fourth-order valence-electron chi connectivity index (χ4n) is 1.48. The number of aliphatic hydroxyl groups is 1. The van der Waals surface area contributed by atoms with Crippen molar-refractivity contribution in [2.45, 2.75) is 18.9 Å². The molecular formula is C11H16N2O4. The van der Waals surface area contributed by atoms with Crippen LogP contribution in [0, 0.1) is 10.1 Å². The minimum atomic E-state index is -0.876. The van der Waals surface area contributed by atoms with Crippen LogP contribution in [0.2, 0.25) is 0 Å². The first kappa shape index (κ1) is 13.4. The lowest BCUT2D eigenvalue weighted by molar-refractivity contribution is -0.385. The smallest absolute Gasteiger partial charge is 0.276 e. The van der Waals surface area contributed by atoms with E-state index in [-0.39, 0.29) is 18.7 Å². The van der Waals surface area contributed by atoms with Crippen molar-refractivity contribution in [2.75, 3.05) is 13.7 Å². The van der Waals surface area contributed by atoms with Gasteiger partial charge in [0.2, 0.25) is 0 Å². The summed E-state index contributed by atoms with van der Waals surface area (Å²) in [5.74, 6) is 0.420. The van der Waals surface area contributed by atoms with Crippen molar-refractivity contribution in [3.05, 3.63) is 33.9 Å². The van der Waals surface area contributed by atoms with Gasteiger partial charge in [-0.2, -0.15) is 0 Å². The average molecular weight is 240 g/mol. The Labute approximate surface area is 99.2 Å². The Kier molecular flexibility index (Phi) is 4.03. The number of nitrogens with two attached hydrogens (primary N) is 1. The molecule has 0 bridgehead atoms. The molecule has 0 saturated heterocycles. The van der Waals surface area contributed by atoms with Gasteiger partial charge in [0.15, 0.2) is 0 Å². The zero-order chi connectivity index (χ0) is 13.1. The Hall–Kier alpha value is -1.66. The first-order chi connectivity index (χ1) is 7.89. The van der Waals surface area contributed by atoms with Gasteiger partial charge in [0.05, 0.1) is 24.7 Å². The Balaban J connectivity index is 3.11. The average Bonchev–Trinajstić information content (AvgIpc) is 2.29. The lowest BCUT2D eigenvalue weighted by Gasteiger charge is -2.21. The maximum absolute atomic E-state index is 10.9. The van der Waals surface area contributed by atoms with Crippen molar-refractivity contribution in [3.63, 3.8) is 0 Å². The summed E-state index contributed by atoms with van der Waals surface area (Å²) in [4.78, 5) is 10.4. The van der Waals surface area contributed by atoms with Crippen molar-refractivity contribution in [1.29, 1.82) is 0 Å². The molecule has 0 radical (unpaired) electrons. The highest BCUT2D eigenvalue weighted by molar-refractivity contribution is 5.46. The van der Waals surface area contributed by atoms with E-state index in [0.29, 0.717) is 11.3 Å². The fourth-order valence-corrected chi connectivity index (χ4v) is 1.48. The number of benzene rings is 1. The van der Waals surface area contributed by atoms with Gasteiger partial charge in [-0.1, -0.05) is 0 Å². The van der Waals surface area contributed by atoms with Crippen LogP contribution < -0.4 is 10.5 Å². The van der Waals surface area contributed by atoms with Gasteiger partial charge < -0.3 is 15.6 Å². The van der Waals surface area contributed by atoms with Gasteiger partial charge in [-0.05, 0) is 25.5 Å². The van der Waals surface area contributed by atoms with Gasteiger partial charge in [0.1, 0.15) is 5.75 Å². The van der Waals surface area contributed by atoms with E-state index in [1.807, 2.05) is 0 Å². The number of nitro groups is 1. The van der Waals surface area contributed by atoms with Crippen molar-refractivity contribution < 1.29 is 14.8 Å². The van der Waals surface area contributed by atoms with Crippen LogP contribution in [0.25, 0.3) is 0 Å². The third kappa shape index (κ3) is 3.40. The molecule has 1 rings (SSSR count). The van der Waals surface area contributed by atoms with E-state index >= 15 is 0 Å². The Morgan fingerprint density at radius 2 is 2.24 bits per heavy atom. The van der Waals surface area contributed by atoms with E-state index in [9.17, 15) is 10.1 Å². The van der Waals surface area contributed by atoms with Crippen LogP contribution in [0.1, 0.15) is 12.5 Å². The van der Waals surface area contributed by atoms with Crippen LogP contribution in [0.3, 0.4) is 0 Å². The van der Waals surface area contributed by atoms with Crippen molar-refractivity contribution in [3.8, 4) is 5.75 Å². The number of nitro benzene ring substituents is 1. The van der Waals surface area contributed by atoms with Crippen LogP contribution in [0.5, 0.6) is 5.75 Å². The molecule has 1 aromatic rings. The van der Waals surface area contributed by atoms with Gasteiger partial charge in [0.25, 0.3) is 5.69 Å². The molecule has 0 spiro atoms. The molecule has 0 aromatic heterocycles. The summed E-state index contributed by atoms with van der Waals surface area (Å²) < 4.78 is 4.93. The van der Waals surface area contributed by atoms with Crippen molar-refractivity contribution in [1.82, 2.24) is 0 Å². The number of hydrogen-bond donors (Lipinski definition) is 2. The topological polar surface area (TPSA) is 98.6 Å². The molecular weight excluding hydrogens is 224 g/mol. The lowest BCUT2D eigenvalue weighted by Crippen LogP contribution is -2.42. The number of methoxy groups -OCH3 is 1. The SMILES string of the molecule is COc1ccc(CC(C)(N)CO)c([N+](=O)[O-])c1. The van der Waals surface area contributed by atoms with Crippen LogP contribution in [0.15, 0.2) is 18.2 Å². The highest BCUT2D eigenvalue weighted by Crippen LogP contribution is 2.26. The third-order valence-corrected chi connectivity index (χ3v) is 2.44. The molecule has 1 unspecified atom stereocenters.